The number of rotatable bonds is 3. The van der Waals surface area contributed by atoms with Crippen LogP contribution >= 0.6 is 0 Å². The monoisotopic (exact) mass is 273 g/mol. The lowest BCUT2D eigenvalue weighted by Crippen LogP contribution is -2.14. The molecule has 0 fully saturated rings. The quantitative estimate of drug-likeness (QED) is 0.933. The second-order valence-corrected chi connectivity index (χ2v) is 5.23. The molecule has 1 unspecified atom stereocenters. The Bertz CT molecular complexity index is 615. The third-order valence-corrected chi connectivity index (χ3v) is 3.61. The summed E-state index contributed by atoms with van der Waals surface area (Å²) in [6.45, 7) is 8.46. The van der Waals surface area contributed by atoms with Gasteiger partial charge >= 0.3 is 0 Å². The van der Waals surface area contributed by atoms with Gasteiger partial charge in [-0.1, -0.05) is 13.0 Å². The lowest BCUT2D eigenvalue weighted by molar-refractivity contribution is 0.627. The summed E-state index contributed by atoms with van der Waals surface area (Å²) in [5.74, 6) is 0.520. The molecule has 0 bridgehead atoms. The van der Waals surface area contributed by atoms with Crippen molar-refractivity contribution in [1.29, 1.82) is 0 Å². The Hall–Kier alpha value is -1.81. The Morgan fingerprint density at radius 3 is 2.30 bits per heavy atom. The van der Waals surface area contributed by atoms with E-state index in [0.29, 0.717) is 12.4 Å². The number of benzene rings is 1. The maximum Gasteiger partial charge on any atom is 0.159 e. The zero-order chi connectivity index (χ0) is 14.9. The normalized spacial score (nSPS) is 12.5. The van der Waals surface area contributed by atoms with E-state index in [9.17, 15) is 4.39 Å². The number of aryl methyl sites for hydroxylation is 3. The molecule has 20 heavy (non-hydrogen) atoms. The van der Waals surface area contributed by atoms with Crippen LogP contribution < -0.4 is 5.73 Å². The Labute approximate surface area is 119 Å². The number of halogens is 1. The topological polar surface area (TPSA) is 51.8 Å². The molecule has 0 spiro atoms. The van der Waals surface area contributed by atoms with Gasteiger partial charge in [-0.05, 0) is 56.5 Å². The minimum Gasteiger partial charge on any atom is -0.330 e. The van der Waals surface area contributed by atoms with E-state index in [1.54, 1.807) is 6.07 Å². The van der Waals surface area contributed by atoms with Crippen LogP contribution in [0.1, 0.15) is 35.4 Å². The first-order valence-corrected chi connectivity index (χ1v) is 6.75. The highest BCUT2D eigenvalue weighted by Gasteiger charge is 2.15. The summed E-state index contributed by atoms with van der Waals surface area (Å²) in [5.41, 5.74) is 10.3. The van der Waals surface area contributed by atoms with Crippen molar-refractivity contribution in [1.82, 2.24) is 9.97 Å². The molecule has 2 aromatic rings. The first kappa shape index (κ1) is 14.6. The van der Waals surface area contributed by atoms with E-state index in [1.807, 2.05) is 20.8 Å². The minimum atomic E-state index is -0.274. The van der Waals surface area contributed by atoms with Gasteiger partial charge in [0.15, 0.2) is 5.82 Å². The molecule has 2 rings (SSSR count). The van der Waals surface area contributed by atoms with Crippen LogP contribution in [0.25, 0.3) is 11.4 Å². The molecule has 0 aliphatic heterocycles. The maximum absolute atomic E-state index is 13.4. The summed E-state index contributed by atoms with van der Waals surface area (Å²) < 4.78 is 13.4. The van der Waals surface area contributed by atoms with E-state index in [1.165, 1.54) is 12.1 Å². The average Bonchev–Trinajstić information content (AvgIpc) is 2.40. The van der Waals surface area contributed by atoms with Crippen molar-refractivity contribution < 1.29 is 4.39 Å². The molecule has 1 atom stereocenters. The van der Waals surface area contributed by atoms with Gasteiger partial charge in [-0.25, -0.2) is 14.4 Å². The minimum absolute atomic E-state index is 0.220. The second-order valence-electron chi connectivity index (χ2n) is 5.23. The van der Waals surface area contributed by atoms with Crippen molar-refractivity contribution >= 4 is 0 Å². The Morgan fingerprint density at radius 1 is 1.15 bits per heavy atom. The summed E-state index contributed by atoms with van der Waals surface area (Å²) in [6, 6.07) is 4.67. The number of aromatic nitrogens is 2. The van der Waals surface area contributed by atoms with Crippen molar-refractivity contribution in [3.8, 4) is 11.4 Å². The zero-order valence-corrected chi connectivity index (χ0v) is 12.4. The molecule has 4 heteroatoms. The van der Waals surface area contributed by atoms with Crippen molar-refractivity contribution in [2.24, 2.45) is 5.73 Å². The Balaban J connectivity index is 2.58. The molecule has 0 radical (unpaired) electrons. The van der Waals surface area contributed by atoms with E-state index in [2.05, 4.69) is 16.9 Å². The highest BCUT2D eigenvalue weighted by Crippen LogP contribution is 2.26. The molecule has 106 valence electrons. The predicted octanol–water partition coefficient (Wildman–Crippen LogP) is 3.27. The van der Waals surface area contributed by atoms with E-state index in [0.717, 1.165) is 28.1 Å². The summed E-state index contributed by atoms with van der Waals surface area (Å²) in [6.07, 6.45) is 0. The standard InChI is InChI=1S/C16H20FN3/c1-9-5-6-13(17)7-14(9)16-19-11(3)15(10(2)8-18)12(4)20-16/h5-7,10H,8,18H2,1-4H3. The van der Waals surface area contributed by atoms with Gasteiger partial charge in [0.25, 0.3) is 0 Å². The fourth-order valence-electron chi connectivity index (χ4n) is 2.51. The van der Waals surface area contributed by atoms with Crippen LogP contribution in [0.5, 0.6) is 0 Å². The molecule has 1 aromatic carbocycles. The molecule has 0 aliphatic carbocycles. The third-order valence-electron chi connectivity index (χ3n) is 3.61. The van der Waals surface area contributed by atoms with Gasteiger partial charge in [0, 0.05) is 17.0 Å². The smallest absolute Gasteiger partial charge is 0.159 e. The van der Waals surface area contributed by atoms with Crippen molar-refractivity contribution in [3.05, 3.63) is 46.5 Å². The fourth-order valence-corrected chi connectivity index (χ4v) is 2.51. The molecule has 0 aliphatic rings. The van der Waals surface area contributed by atoms with Gasteiger partial charge in [0.1, 0.15) is 5.82 Å². The van der Waals surface area contributed by atoms with Gasteiger partial charge in [0.2, 0.25) is 0 Å². The number of hydrogen-bond donors (Lipinski definition) is 1. The largest absolute Gasteiger partial charge is 0.330 e. The summed E-state index contributed by atoms with van der Waals surface area (Å²) in [5, 5.41) is 0. The van der Waals surface area contributed by atoms with E-state index < -0.39 is 0 Å². The first-order chi connectivity index (χ1) is 9.43. The molecule has 2 N–H and O–H groups in total. The van der Waals surface area contributed by atoms with Crippen LogP contribution in [0.2, 0.25) is 0 Å². The van der Waals surface area contributed by atoms with E-state index >= 15 is 0 Å². The van der Waals surface area contributed by atoms with Crippen LogP contribution in [-0.4, -0.2) is 16.5 Å². The van der Waals surface area contributed by atoms with Gasteiger partial charge in [-0.3, -0.25) is 0 Å². The number of nitrogens with zero attached hydrogens (tertiary/aromatic N) is 2. The molecule has 1 aromatic heterocycles. The van der Waals surface area contributed by atoms with Crippen LogP contribution in [0.15, 0.2) is 18.2 Å². The van der Waals surface area contributed by atoms with Crippen LogP contribution in [0.4, 0.5) is 4.39 Å². The van der Waals surface area contributed by atoms with Gasteiger partial charge in [-0.2, -0.15) is 0 Å². The Morgan fingerprint density at radius 2 is 1.75 bits per heavy atom. The summed E-state index contributed by atoms with van der Waals surface area (Å²) >= 11 is 0. The highest BCUT2D eigenvalue weighted by atomic mass is 19.1. The van der Waals surface area contributed by atoms with Crippen LogP contribution in [0, 0.1) is 26.6 Å². The summed E-state index contributed by atoms with van der Waals surface area (Å²) in [7, 11) is 0. The number of nitrogens with two attached hydrogens (primary N) is 1. The maximum atomic E-state index is 13.4. The molecule has 0 amide bonds. The lowest BCUT2D eigenvalue weighted by atomic mass is 9.97. The summed E-state index contributed by atoms with van der Waals surface area (Å²) in [4.78, 5) is 9.08. The third kappa shape index (κ3) is 2.70. The van der Waals surface area contributed by atoms with Gasteiger partial charge < -0.3 is 5.73 Å². The van der Waals surface area contributed by atoms with Crippen LogP contribution in [-0.2, 0) is 0 Å². The Kier molecular flexibility index (Phi) is 4.14. The molecule has 0 saturated carbocycles. The van der Waals surface area contributed by atoms with Crippen molar-refractivity contribution in [3.63, 3.8) is 0 Å². The van der Waals surface area contributed by atoms with Gasteiger partial charge in [0.05, 0.1) is 0 Å². The molecule has 1 heterocycles. The molecule has 0 saturated heterocycles. The fraction of sp³-hybridized carbons (Fsp3) is 0.375. The zero-order valence-electron chi connectivity index (χ0n) is 12.4. The molecular weight excluding hydrogens is 253 g/mol. The SMILES string of the molecule is Cc1ccc(F)cc1-c1nc(C)c(C(C)CN)c(C)n1. The molecule has 3 nitrogen and oxygen atoms in total. The average molecular weight is 273 g/mol. The predicted molar refractivity (Wildman–Crippen MR) is 79.1 cm³/mol. The van der Waals surface area contributed by atoms with Gasteiger partial charge in [-0.15, -0.1) is 0 Å². The van der Waals surface area contributed by atoms with E-state index in [-0.39, 0.29) is 11.7 Å². The van der Waals surface area contributed by atoms with Crippen molar-refractivity contribution in [2.75, 3.05) is 6.54 Å². The highest BCUT2D eigenvalue weighted by molar-refractivity contribution is 5.60. The number of hydrogen-bond acceptors (Lipinski definition) is 3. The van der Waals surface area contributed by atoms with Crippen LogP contribution in [0.3, 0.4) is 0 Å². The second kappa shape index (κ2) is 5.67. The van der Waals surface area contributed by atoms with E-state index in [4.69, 9.17) is 5.73 Å². The molecular formula is C16H20FN3. The first-order valence-electron chi connectivity index (χ1n) is 6.75. The van der Waals surface area contributed by atoms with Crippen molar-refractivity contribution in [2.45, 2.75) is 33.6 Å². The lowest BCUT2D eigenvalue weighted by Gasteiger charge is -2.16.